The first-order valence-electron chi connectivity index (χ1n) is 4.65. The number of esters is 1. The number of anilines is 1. The zero-order chi connectivity index (χ0) is 13.9. The number of nitro groups is 1. The van der Waals surface area contributed by atoms with Crippen LogP contribution in [0.2, 0.25) is 0 Å². The predicted octanol–water partition coefficient (Wildman–Crippen LogP) is 1.23. The molecule has 1 aromatic heterocycles. The topological polar surface area (TPSA) is 108 Å². The van der Waals surface area contributed by atoms with E-state index >= 15 is 0 Å². The first kappa shape index (κ1) is 13.7. The molecule has 7 nitrogen and oxygen atoms in total. The number of ether oxygens (including phenoxy) is 1. The Morgan fingerprint density at radius 3 is 2.72 bits per heavy atom. The third kappa shape index (κ3) is 2.87. The summed E-state index contributed by atoms with van der Waals surface area (Å²) in [5.74, 6) is -2.07. The second-order valence-electron chi connectivity index (χ2n) is 3.24. The van der Waals surface area contributed by atoms with Crippen LogP contribution in [0.5, 0.6) is 0 Å². The monoisotopic (exact) mass is 261 g/mol. The molecule has 1 rings (SSSR count). The average molecular weight is 261 g/mol. The smallest absolute Gasteiger partial charge is 0.366 e. The second kappa shape index (κ2) is 5.34. The number of alkyl halides is 2. The van der Waals surface area contributed by atoms with Crippen LogP contribution in [0.25, 0.3) is 0 Å². The lowest BCUT2D eigenvalue weighted by Crippen LogP contribution is -2.12. The normalized spacial score (nSPS) is 10.4. The van der Waals surface area contributed by atoms with Crippen LogP contribution in [-0.4, -0.2) is 23.0 Å². The van der Waals surface area contributed by atoms with E-state index in [9.17, 15) is 23.7 Å². The number of rotatable bonds is 4. The number of methoxy groups -OCH3 is 1. The van der Waals surface area contributed by atoms with E-state index in [0.717, 1.165) is 7.11 Å². The zero-order valence-electron chi connectivity index (χ0n) is 9.22. The van der Waals surface area contributed by atoms with Gasteiger partial charge in [-0.1, -0.05) is 0 Å². The number of nitrogens with two attached hydrogens (primary N) is 1. The van der Waals surface area contributed by atoms with Gasteiger partial charge in [0.25, 0.3) is 6.43 Å². The fourth-order valence-electron chi connectivity index (χ4n) is 1.29. The summed E-state index contributed by atoms with van der Waals surface area (Å²) in [6.07, 6.45) is -3.53. The molecule has 0 saturated heterocycles. The molecule has 0 aliphatic heterocycles. The van der Waals surface area contributed by atoms with Crippen LogP contribution in [-0.2, 0) is 16.0 Å². The molecular weight excluding hydrogens is 252 g/mol. The lowest BCUT2D eigenvalue weighted by atomic mass is 10.1. The number of hydrogen-bond donors (Lipinski definition) is 1. The SMILES string of the molecule is COC(=O)Cc1c(C(F)F)cc([N+](=O)[O-])nc1N. The summed E-state index contributed by atoms with van der Waals surface area (Å²) in [5.41, 5.74) is 4.39. The highest BCUT2D eigenvalue weighted by molar-refractivity contribution is 5.75. The quantitative estimate of drug-likeness (QED) is 0.496. The highest BCUT2D eigenvalue weighted by Gasteiger charge is 2.25. The van der Waals surface area contributed by atoms with Gasteiger partial charge in [-0.2, -0.15) is 0 Å². The van der Waals surface area contributed by atoms with E-state index in [1.165, 1.54) is 0 Å². The first-order valence-corrected chi connectivity index (χ1v) is 4.65. The molecule has 0 amide bonds. The summed E-state index contributed by atoms with van der Waals surface area (Å²) in [5, 5.41) is 10.5. The highest BCUT2D eigenvalue weighted by atomic mass is 19.3. The van der Waals surface area contributed by atoms with Gasteiger partial charge in [-0.05, 0) is 9.91 Å². The highest BCUT2D eigenvalue weighted by Crippen LogP contribution is 2.29. The predicted molar refractivity (Wildman–Crippen MR) is 56.0 cm³/mol. The van der Waals surface area contributed by atoms with Gasteiger partial charge in [-0.3, -0.25) is 4.79 Å². The van der Waals surface area contributed by atoms with Crippen molar-refractivity contribution in [3.63, 3.8) is 0 Å². The Hall–Kier alpha value is -2.32. The standard InChI is InChI=1S/C9H9F2N3O4/c1-18-7(15)3-5-4(8(10)11)2-6(14(16)17)13-9(5)12/h2,8H,3H2,1H3,(H2,12,13). The van der Waals surface area contributed by atoms with Crippen molar-refractivity contribution in [2.45, 2.75) is 12.8 Å². The fraction of sp³-hybridized carbons (Fsp3) is 0.333. The molecule has 0 aromatic carbocycles. The number of nitrogen functional groups attached to an aromatic ring is 1. The summed E-state index contributed by atoms with van der Waals surface area (Å²) in [7, 11) is 1.08. The average Bonchev–Trinajstić information content (AvgIpc) is 2.30. The van der Waals surface area contributed by atoms with Crippen molar-refractivity contribution in [1.29, 1.82) is 0 Å². The lowest BCUT2D eigenvalue weighted by Gasteiger charge is -2.08. The molecule has 0 spiro atoms. The van der Waals surface area contributed by atoms with Crippen LogP contribution in [0.4, 0.5) is 20.4 Å². The van der Waals surface area contributed by atoms with Crippen LogP contribution in [0, 0.1) is 10.1 Å². The summed E-state index contributed by atoms with van der Waals surface area (Å²) >= 11 is 0. The first-order chi connectivity index (χ1) is 8.36. The molecule has 0 aliphatic rings. The zero-order valence-corrected chi connectivity index (χ0v) is 9.22. The van der Waals surface area contributed by atoms with E-state index in [1.807, 2.05) is 0 Å². The molecular formula is C9H9F2N3O4. The molecule has 0 fully saturated rings. The molecule has 0 unspecified atom stereocenters. The number of hydrogen-bond acceptors (Lipinski definition) is 6. The Labute approximate surface area is 99.7 Å². The minimum atomic E-state index is -3.01. The van der Waals surface area contributed by atoms with Gasteiger partial charge in [0.05, 0.1) is 13.5 Å². The maximum absolute atomic E-state index is 12.7. The summed E-state index contributed by atoms with van der Waals surface area (Å²) in [6.45, 7) is 0. The molecule has 98 valence electrons. The Morgan fingerprint density at radius 1 is 1.67 bits per heavy atom. The van der Waals surface area contributed by atoms with Gasteiger partial charge in [0, 0.05) is 17.2 Å². The third-order valence-electron chi connectivity index (χ3n) is 2.15. The molecule has 0 saturated carbocycles. The Balaban J connectivity index is 3.31. The summed E-state index contributed by atoms with van der Waals surface area (Å²) in [6, 6.07) is 0.597. The summed E-state index contributed by atoms with van der Waals surface area (Å²) < 4.78 is 29.8. The van der Waals surface area contributed by atoms with Crippen LogP contribution in [0.3, 0.4) is 0 Å². The van der Waals surface area contributed by atoms with Gasteiger partial charge < -0.3 is 20.6 Å². The van der Waals surface area contributed by atoms with Crippen LogP contribution in [0.1, 0.15) is 17.6 Å². The van der Waals surface area contributed by atoms with Crippen LogP contribution < -0.4 is 5.73 Å². The van der Waals surface area contributed by atoms with Crippen LogP contribution >= 0.6 is 0 Å². The van der Waals surface area contributed by atoms with Crippen LogP contribution in [0.15, 0.2) is 6.07 Å². The number of aromatic nitrogens is 1. The van der Waals surface area contributed by atoms with Gasteiger partial charge >= 0.3 is 11.8 Å². The maximum Gasteiger partial charge on any atom is 0.366 e. The lowest BCUT2D eigenvalue weighted by molar-refractivity contribution is -0.389. The Bertz CT molecular complexity index is 493. The number of halogens is 2. The van der Waals surface area contributed by atoms with Crippen molar-refractivity contribution in [1.82, 2.24) is 4.98 Å². The summed E-state index contributed by atoms with van der Waals surface area (Å²) in [4.78, 5) is 23.9. The molecule has 9 heteroatoms. The molecule has 2 N–H and O–H groups in total. The number of carbonyl (C=O) groups excluding carboxylic acids is 1. The second-order valence-corrected chi connectivity index (χ2v) is 3.24. The van der Waals surface area contributed by atoms with E-state index in [1.54, 1.807) is 0 Å². The van der Waals surface area contributed by atoms with Crippen molar-refractivity contribution in [3.05, 3.63) is 27.3 Å². The van der Waals surface area contributed by atoms with Gasteiger partial charge in [0.1, 0.15) is 0 Å². The molecule has 1 heterocycles. The van der Waals surface area contributed by atoms with Gasteiger partial charge in [-0.15, -0.1) is 0 Å². The Kier molecular flexibility index (Phi) is 4.08. The molecule has 18 heavy (non-hydrogen) atoms. The fourth-order valence-corrected chi connectivity index (χ4v) is 1.29. The molecule has 1 aromatic rings. The molecule has 0 aliphatic carbocycles. The number of carbonyl (C=O) groups is 1. The van der Waals surface area contributed by atoms with Crippen molar-refractivity contribution in [2.75, 3.05) is 12.8 Å². The van der Waals surface area contributed by atoms with E-state index < -0.39 is 40.9 Å². The minimum absolute atomic E-state index is 0.262. The van der Waals surface area contributed by atoms with Crippen molar-refractivity contribution in [2.24, 2.45) is 0 Å². The van der Waals surface area contributed by atoms with Gasteiger partial charge in [0.2, 0.25) is 5.82 Å². The minimum Gasteiger partial charge on any atom is -0.469 e. The van der Waals surface area contributed by atoms with E-state index in [4.69, 9.17) is 5.73 Å². The largest absolute Gasteiger partial charge is 0.469 e. The third-order valence-corrected chi connectivity index (χ3v) is 2.15. The van der Waals surface area contributed by atoms with Gasteiger partial charge in [-0.25, -0.2) is 8.78 Å². The van der Waals surface area contributed by atoms with Crippen molar-refractivity contribution in [3.8, 4) is 0 Å². The molecule has 0 atom stereocenters. The number of nitrogens with zero attached hydrogens (tertiary/aromatic N) is 2. The Morgan fingerprint density at radius 2 is 2.28 bits per heavy atom. The van der Waals surface area contributed by atoms with E-state index in [-0.39, 0.29) is 5.56 Å². The van der Waals surface area contributed by atoms with Gasteiger partial charge in [0.15, 0.2) is 0 Å². The maximum atomic E-state index is 12.7. The van der Waals surface area contributed by atoms with E-state index in [2.05, 4.69) is 9.72 Å². The number of pyridine rings is 1. The van der Waals surface area contributed by atoms with E-state index in [0.29, 0.717) is 6.07 Å². The molecule has 0 bridgehead atoms. The van der Waals surface area contributed by atoms with Crippen molar-refractivity contribution >= 4 is 17.6 Å². The molecule has 0 radical (unpaired) electrons. The van der Waals surface area contributed by atoms with Crippen molar-refractivity contribution < 1.29 is 23.2 Å².